The number of likely N-dealkylation sites (tertiary alicyclic amines) is 1. The van der Waals surface area contributed by atoms with E-state index in [1.807, 2.05) is 17.0 Å². The normalized spacial score (nSPS) is 20.6. The van der Waals surface area contributed by atoms with Crippen LogP contribution in [0.15, 0.2) is 29.4 Å². The van der Waals surface area contributed by atoms with E-state index in [9.17, 15) is 9.59 Å². The number of hydrogen-bond acceptors (Lipinski definition) is 4. The van der Waals surface area contributed by atoms with Gasteiger partial charge in [-0.1, -0.05) is 0 Å². The minimum absolute atomic E-state index is 0.103. The van der Waals surface area contributed by atoms with Gasteiger partial charge in [0.1, 0.15) is 0 Å². The molecule has 3 heterocycles. The second-order valence-electron chi connectivity index (χ2n) is 5.81. The number of carbonyl (C=O) groups is 2. The molecule has 1 aromatic heterocycles. The smallest absolute Gasteiger partial charge is 0.232 e. The molecule has 6 heteroatoms. The van der Waals surface area contributed by atoms with Crippen molar-refractivity contribution in [3.05, 3.63) is 24.5 Å². The van der Waals surface area contributed by atoms with Crippen molar-refractivity contribution in [1.82, 2.24) is 15.2 Å². The van der Waals surface area contributed by atoms with Crippen molar-refractivity contribution >= 4 is 23.6 Å². The minimum Gasteiger partial charge on any atom is -0.356 e. The third-order valence-corrected chi connectivity index (χ3v) is 5.38. The first-order valence-corrected chi connectivity index (χ1v) is 8.23. The Kier molecular flexibility index (Phi) is 4.14. The summed E-state index contributed by atoms with van der Waals surface area (Å²) in [6, 6.07) is 3.83. The van der Waals surface area contributed by atoms with Crippen molar-refractivity contribution in [3.8, 4) is 0 Å². The van der Waals surface area contributed by atoms with Gasteiger partial charge in [-0.05, 0) is 30.4 Å². The van der Waals surface area contributed by atoms with Crippen LogP contribution in [0.4, 0.5) is 0 Å². The fourth-order valence-corrected chi connectivity index (χ4v) is 3.79. The average Bonchev–Trinajstić information content (AvgIpc) is 2.87. The van der Waals surface area contributed by atoms with Crippen LogP contribution in [0.5, 0.6) is 0 Å². The van der Waals surface area contributed by atoms with Crippen LogP contribution in [-0.4, -0.2) is 47.1 Å². The lowest BCUT2D eigenvalue weighted by atomic mass is 9.78. The van der Waals surface area contributed by atoms with Crippen LogP contribution < -0.4 is 5.32 Å². The number of amides is 2. The molecule has 2 saturated heterocycles. The SMILES string of the molecule is O=C1CC2(CCN(C(=O)CSc3ccncc3)CC2)CN1. The molecule has 1 aromatic rings. The molecule has 0 unspecified atom stereocenters. The molecule has 21 heavy (non-hydrogen) atoms. The molecule has 3 rings (SSSR count). The zero-order valence-corrected chi connectivity index (χ0v) is 12.7. The van der Waals surface area contributed by atoms with Crippen LogP contribution in [0.3, 0.4) is 0 Å². The van der Waals surface area contributed by atoms with E-state index in [-0.39, 0.29) is 17.2 Å². The van der Waals surface area contributed by atoms with E-state index in [2.05, 4.69) is 10.3 Å². The minimum atomic E-state index is 0.103. The van der Waals surface area contributed by atoms with Crippen LogP contribution >= 0.6 is 11.8 Å². The van der Waals surface area contributed by atoms with Crippen molar-refractivity contribution < 1.29 is 9.59 Å². The molecule has 0 aliphatic carbocycles. The van der Waals surface area contributed by atoms with Crippen LogP contribution in [-0.2, 0) is 9.59 Å². The fourth-order valence-electron chi connectivity index (χ4n) is 3.01. The maximum Gasteiger partial charge on any atom is 0.232 e. The maximum atomic E-state index is 12.2. The van der Waals surface area contributed by atoms with Gasteiger partial charge in [-0.25, -0.2) is 0 Å². The van der Waals surface area contributed by atoms with Gasteiger partial charge in [0.2, 0.25) is 11.8 Å². The van der Waals surface area contributed by atoms with Gasteiger partial charge in [0, 0.05) is 43.3 Å². The van der Waals surface area contributed by atoms with E-state index in [1.54, 1.807) is 24.2 Å². The first kappa shape index (κ1) is 14.4. The molecule has 1 N–H and O–H groups in total. The standard InChI is InChI=1S/C15H19N3O2S/c19-13-9-15(11-17-13)3-7-18(8-4-15)14(20)10-21-12-1-5-16-6-2-12/h1-2,5-6H,3-4,7-11H2,(H,17,19). The predicted molar refractivity (Wildman–Crippen MR) is 80.8 cm³/mol. The first-order chi connectivity index (χ1) is 10.2. The van der Waals surface area contributed by atoms with E-state index >= 15 is 0 Å². The summed E-state index contributed by atoms with van der Waals surface area (Å²) in [4.78, 5) is 30.6. The molecule has 0 atom stereocenters. The molecule has 0 aromatic carbocycles. The van der Waals surface area contributed by atoms with Crippen molar-refractivity contribution in [1.29, 1.82) is 0 Å². The Balaban J connectivity index is 1.48. The van der Waals surface area contributed by atoms with Gasteiger partial charge in [-0.3, -0.25) is 14.6 Å². The number of piperidine rings is 1. The Bertz CT molecular complexity index is 527. The lowest BCUT2D eigenvalue weighted by Gasteiger charge is -2.38. The zero-order valence-electron chi connectivity index (χ0n) is 11.9. The molecule has 2 aliphatic heterocycles. The molecule has 2 aliphatic rings. The molecule has 2 fully saturated rings. The summed E-state index contributed by atoms with van der Waals surface area (Å²) in [5.41, 5.74) is 0.103. The zero-order chi connectivity index (χ0) is 14.7. The Hall–Kier alpha value is -1.56. The largest absolute Gasteiger partial charge is 0.356 e. The summed E-state index contributed by atoms with van der Waals surface area (Å²) in [5.74, 6) is 0.806. The maximum absolute atomic E-state index is 12.2. The summed E-state index contributed by atoms with van der Waals surface area (Å²) in [6.07, 6.45) is 5.96. The van der Waals surface area contributed by atoms with Gasteiger partial charge in [-0.15, -0.1) is 11.8 Å². The van der Waals surface area contributed by atoms with E-state index in [4.69, 9.17) is 0 Å². The number of nitrogens with one attached hydrogen (secondary N) is 1. The molecule has 0 radical (unpaired) electrons. The summed E-state index contributed by atoms with van der Waals surface area (Å²) in [6.45, 7) is 2.31. The number of hydrogen-bond donors (Lipinski definition) is 1. The Morgan fingerprint density at radius 1 is 1.33 bits per heavy atom. The van der Waals surface area contributed by atoms with Gasteiger partial charge in [0.15, 0.2) is 0 Å². The van der Waals surface area contributed by atoms with Crippen LogP contribution in [0.2, 0.25) is 0 Å². The number of carbonyl (C=O) groups excluding carboxylic acids is 2. The van der Waals surface area contributed by atoms with Crippen LogP contribution in [0, 0.1) is 5.41 Å². The van der Waals surface area contributed by atoms with E-state index in [0.717, 1.165) is 37.4 Å². The highest BCUT2D eigenvalue weighted by Gasteiger charge is 2.41. The molecule has 112 valence electrons. The van der Waals surface area contributed by atoms with Gasteiger partial charge >= 0.3 is 0 Å². The second kappa shape index (κ2) is 6.05. The average molecular weight is 305 g/mol. The van der Waals surface area contributed by atoms with E-state index < -0.39 is 0 Å². The Labute approximate surface area is 128 Å². The molecule has 0 saturated carbocycles. The third kappa shape index (κ3) is 3.37. The molecular formula is C15H19N3O2S. The van der Waals surface area contributed by atoms with Crippen LogP contribution in [0.25, 0.3) is 0 Å². The summed E-state index contributed by atoms with van der Waals surface area (Å²) in [7, 11) is 0. The number of rotatable bonds is 3. The lowest BCUT2D eigenvalue weighted by Crippen LogP contribution is -2.44. The predicted octanol–water partition coefficient (Wildman–Crippen LogP) is 1.30. The number of thioether (sulfide) groups is 1. The number of nitrogens with zero attached hydrogens (tertiary/aromatic N) is 2. The quantitative estimate of drug-likeness (QED) is 0.855. The van der Waals surface area contributed by atoms with Crippen molar-refractivity contribution in [2.24, 2.45) is 5.41 Å². The molecule has 5 nitrogen and oxygen atoms in total. The number of aromatic nitrogens is 1. The van der Waals surface area contributed by atoms with Crippen molar-refractivity contribution in [2.45, 2.75) is 24.2 Å². The van der Waals surface area contributed by atoms with E-state index in [1.165, 1.54) is 0 Å². The molecule has 1 spiro atoms. The molecule has 0 bridgehead atoms. The molecule has 2 amide bonds. The van der Waals surface area contributed by atoms with Gasteiger partial charge in [-0.2, -0.15) is 0 Å². The highest BCUT2D eigenvalue weighted by atomic mass is 32.2. The second-order valence-corrected chi connectivity index (χ2v) is 6.85. The Morgan fingerprint density at radius 3 is 2.67 bits per heavy atom. The van der Waals surface area contributed by atoms with E-state index in [0.29, 0.717) is 12.2 Å². The highest BCUT2D eigenvalue weighted by molar-refractivity contribution is 8.00. The molecular weight excluding hydrogens is 286 g/mol. The van der Waals surface area contributed by atoms with Crippen molar-refractivity contribution in [3.63, 3.8) is 0 Å². The van der Waals surface area contributed by atoms with Crippen LogP contribution in [0.1, 0.15) is 19.3 Å². The summed E-state index contributed by atoms with van der Waals surface area (Å²) in [5, 5.41) is 2.92. The topological polar surface area (TPSA) is 62.3 Å². The fraction of sp³-hybridized carbons (Fsp3) is 0.533. The third-order valence-electron chi connectivity index (χ3n) is 4.38. The summed E-state index contributed by atoms with van der Waals surface area (Å²) < 4.78 is 0. The van der Waals surface area contributed by atoms with Gasteiger partial charge in [0.05, 0.1) is 5.75 Å². The highest BCUT2D eigenvalue weighted by Crippen LogP contribution is 2.37. The summed E-state index contributed by atoms with van der Waals surface area (Å²) >= 11 is 1.55. The van der Waals surface area contributed by atoms with Gasteiger partial charge < -0.3 is 10.2 Å². The van der Waals surface area contributed by atoms with Crippen molar-refractivity contribution in [2.75, 3.05) is 25.4 Å². The lowest BCUT2D eigenvalue weighted by molar-refractivity contribution is -0.130. The Morgan fingerprint density at radius 2 is 2.05 bits per heavy atom. The first-order valence-electron chi connectivity index (χ1n) is 7.24. The number of pyridine rings is 1. The monoisotopic (exact) mass is 305 g/mol. The van der Waals surface area contributed by atoms with Gasteiger partial charge in [0.25, 0.3) is 0 Å².